The SMILES string of the molecule is CC1(C)[C@H](CO)O[C@@H]1c1ccccc1. The van der Waals surface area contributed by atoms with Crippen LogP contribution in [0.1, 0.15) is 25.5 Å². The van der Waals surface area contributed by atoms with E-state index in [1.165, 1.54) is 5.56 Å². The summed E-state index contributed by atoms with van der Waals surface area (Å²) in [5.41, 5.74) is 1.23. The van der Waals surface area contributed by atoms with Crippen molar-refractivity contribution >= 4 is 0 Å². The van der Waals surface area contributed by atoms with E-state index in [-0.39, 0.29) is 24.2 Å². The minimum absolute atomic E-state index is 0.0206. The Kier molecular flexibility index (Phi) is 2.33. The molecule has 2 rings (SSSR count). The van der Waals surface area contributed by atoms with Crippen molar-refractivity contribution in [3.8, 4) is 0 Å². The van der Waals surface area contributed by atoms with Crippen molar-refractivity contribution in [2.45, 2.75) is 26.1 Å². The predicted molar refractivity (Wildman–Crippen MR) is 54.9 cm³/mol. The van der Waals surface area contributed by atoms with Crippen LogP contribution in [0, 0.1) is 5.41 Å². The molecule has 2 heteroatoms. The normalized spacial score (nSPS) is 29.6. The zero-order valence-corrected chi connectivity index (χ0v) is 8.60. The molecule has 0 radical (unpaired) electrons. The molecule has 0 unspecified atom stereocenters. The number of aliphatic hydroxyl groups excluding tert-OH is 1. The van der Waals surface area contributed by atoms with E-state index in [0.717, 1.165) is 0 Å². The maximum absolute atomic E-state index is 9.06. The molecule has 1 aromatic carbocycles. The summed E-state index contributed by atoms with van der Waals surface area (Å²) in [4.78, 5) is 0. The Labute approximate surface area is 84.5 Å². The van der Waals surface area contributed by atoms with Crippen LogP contribution in [0.3, 0.4) is 0 Å². The van der Waals surface area contributed by atoms with Crippen molar-refractivity contribution in [1.29, 1.82) is 0 Å². The lowest BCUT2D eigenvalue weighted by Gasteiger charge is -2.51. The summed E-state index contributed by atoms with van der Waals surface area (Å²) in [7, 11) is 0. The Morgan fingerprint density at radius 3 is 2.43 bits per heavy atom. The van der Waals surface area contributed by atoms with Crippen LogP contribution in [0.4, 0.5) is 0 Å². The van der Waals surface area contributed by atoms with Crippen LogP contribution in [0.2, 0.25) is 0 Å². The third-order valence-electron chi connectivity index (χ3n) is 3.07. The van der Waals surface area contributed by atoms with Gasteiger partial charge in [0.2, 0.25) is 0 Å². The number of hydrogen-bond acceptors (Lipinski definition) is 2. The average molecular weight is 192 g/mol. The van der Waals surface area contributed by atoms with Gasteiger partial charge in [0.15, 0.2) is 0 Å². The first-order valence-electron chi connectivity index (χ1n) is 4.97. The number of ether oxygens (including phenoxy) is 1. The van der Waals surface area contributed by atoms with E-state index in [1.54, 1.807) is 0 Å². The number of aliphatic hydroxyl groups is 1. The molecule has 0 aromatic heterocycles. The lowest BCUT2D eigenvalue weighted by Crippen LogP contribution is -2.52. The molecule has 1 aliphatic heterocycles. The predicted octanol–water partition coefficient (Wildman–Crippen LogP) is 2.15. The minimum atomic E-state index is -0.0206. The molecule has 0 saturated carbocycles. The third-order valence-corrected chi connectivity index (χ3v) is 3.07. The molecule has 2 atom stereocenters. The van der Waals surface area contributed by atoms with Crippen LogP contribution in [0.5, 0.6) is 0 Å². The molecule has 14 heavy (non-hydrogen) atoms. The van der Waals surface area contributed by atoms with Crippen LogP contribution in [-0.4, -0.2) is 17.8 Å². The van der Waals surface area contributed by atoms with Crippen molar-refractivity contribution in [3.05, 3.63) is 35.9 Å². The largest absolute Gasteiger partial charge is 0.394 e. The summed E-state index contributed by atoms with van der Waals surface area (Å²) in [5.74, 6) is 0. The van der Waals surface area contributed by atoms with Gasteiger partial charge in [0, 0.05) is 5.41 Å². The Balaban J connectivity index is 2.17. The van der Waals surface area contributed by atoms with E-state index in [4.69, 9.17) is 9.84 Å². The van der Waals surface area contributed by atoms with Gasteiger partial charge in [-0.15, -0.1) is 0 Å². The summed E-state index contributed by atoms with van der Waals surface area (Å²) in [6, 6.07) is 10.2. The summed E-state index contributed by atoms with van der Waals surface area (Å²) in [5, 5.41) is 9.06. The molecular weight excluding hydrogens is 176 g/mol. The summed E-state index contributed by atoms with van der Waals surface area (Å²) < 4.78 is 5.64. The quantitative estimate of drug-likeness (QED) is 0.778. The van der Waals surface area contributed by atoms with Gasteiger partial charge < -0.3 is 9.84 Å². The van der Waals surface area contributed by atoms with E-state index >= 15 is 0 Å². The highest BCUT2D eigenvalue weighted by Gasteiger charge is 2.49. The Morgan fingerprint density at radius 2 is 1.93 bits per heavy atom. The van der Waals surface area contributed by atoms with Crippen molar-refractivity contribution in [2.24, 2.45) is 5.41 Å². The van der Waals surface area contributed by atoms with Gasteiger partial charge in [0.25, 0.3) is 0 Å². The zero-order valence-electron chi connectivity index (χ0n) is 8.60. The minimum Gasteiger partial charge on any atom is -0.394 e. The highest BCUT2D eigenvalue weighted by molar-refractivity contribution is 5.22. The molecule has 76 valence electrons. The van der Waals surface area contributed by atoms with Gasteiger partial charge >= 0.3 is 0 Å². The fourth-order valence-electron chi connectivity index (χ4n) is 2.03. The van der Waals surface area contributed by atoms with Gasteiger partial charge in [-0.05, 0) is 5.56 Å². The van der Waals surface area contributed by atoms with E-state index in [9.17, 15) is 0 Å². The van der Waals surface area contributed by atoms with Gasteiger partial charge in [0.05, 0.1) is 18.8 Å². The molecule has 1 fully saturated rings. The van der Waals surface area contributed by atoms with Crippen molar-refractivity contribution in [1.82, 2.24) is 0 Å². The van der Waals surface area contributed by atoms with Gasteiger partial charge in [-0.3, -0.25) is 0 Å². The van der Waals surface area contributed by atoms with Gasteiger partial charge in [-0.2, -0.15) is 0 Å². The van der Waals surface area contributed by atoms with Crippen molar-refractivity contribution < 1.29 is 9.84 Å². The van der Waals surface area contributed by atoms with Gasteiger partial charge in [0.1, 0.15) is 0 Å². The second-order valence-electron chi connectivity index (χ2n) is 4.42. The molecule has 1 saturated heterocycles. The molecule has 0 amide bonds. The smallest absolute Gasteiger partial charge is 0.0906 e. The molecule has 0 bridgehead atoms. The monoisotopic (exact) mass is 192 g/mol. The first-order chi connectivity index (χ1) is 6.66. The van der Waals surface area contributed by atoms with Crippen LogP contribution in [0.15, 0.2) is 30.3 Å². The third kappa shape index (κ3) is 1.35. The molecule has 1 aromatic rings. The van der Waals surface area contributed by atoms with Crippen LogP contribution < -0.4 is 0 Å². The van der Waals surface area contributed by atoms with E-state index in [2.05, 4.69) is 26.0 Å². The zero-order chi connectivity index (χ0) is 10.2. The second kappa shape index (κ2) is 3.37. The van der Waals surface area contributed by atoms with Gasteiger partial charge in [-0.1, -0.05) is 44.2 Å². The Hall–Kier alpha value is -0.860. The molecule has 1 heterocycles. The van der Waals surface area contributed by atoms with Crippen LogP contribution in [0.25, 0.3) is 0 Å². The summed E-state index contributed by atoms with van der Waals surface area (Å²) >= 11 is 0. The maximum atomic E-state index is 9.06. The lowest BCUT2D eigenvalue weighted by atomic mass is 9.72. The fraction of sp³-hybridized carbons (Fsp3) is 0.500. The van der Waals surface area contributed by atoms with Crippen molar-refractivity contribution in [3.63, 3.8) is 0 Å². The van der Waals surface area contributed by atoms with Crippen LogP contribution >= 0.6 is 0 Å². The molecule has 2 nitrogen and oxygen atoms in total. The molecule has 1 N–H and O–H groups in total. The molecule has 1 aliphatic rings. The van der Waals surface area contributed by atoms with Gasteiger partial charge in [-0.25, -0.2) is 0 Å². The number of rotatable bonds is 2. The first-order valence-corrected chi connectivity index (χ1v) is 4.97. The lowest BCUT2D eigenvalue weighted by molar-refractivity contribution is -0.250. The average Bonchev–Trinajstić information content (AvgIpc) is 2.18. The van der Waals surface area contributed by atoms with E-state index in [0.29, 0.717) is 0 Å². The first kappa shape index (κ1) is 9.69. The maximum Gasteiger partial charge on any atom is 0.0906 e. The summed E-state index contributed by atoms with van der Waals surface area (Å²) in [6.07, 6.45) is 0.105. The Morgan fingerprint density at radius 1 is 1.29 bits per heavy atom. The standard InChI is InChI=1S/C12H16O2/c1-12(2)10(8-13)14-11(12)9-6-4-3-5-7-9/h3-7,10-11,13H,8H2,1-2H3/t10-,11+/m0/s1. The highest BCUT2D eigenvalue weighted by atomic mass is 16.5. The molecule has 0 spiro atoms. The van der Waals surface area contributed by atoms with Crippen LogP contribution in [-0.2, 0) is 4.74 Å². The topological polar surface area (TPSA) is 29.5 Å². The molecule has 0 aliphatic carbocycles. The molecular formula is C12H16O2. The van der Waals surface area contributed by atoms with E-state index < -0.39 is 0 Å². The number of benzene rings is 1. The Bertz CT molecular complexity index is 305. The highest BCUT2D eigenvalue weighted by Crippen LogP contribution is 2.50. The summed E-state index contributed by atoms with van der Waals surface area (Å²) in [6.45, 7) is 4.38. The second-order valence-corrected chi connectivity index (χ2v) is 4.42. The number of hydrogen-bond donors (Lipinski definition) is 1. The van der Waals surface area contributed by atoms with E-state index in [1.807, 2.05) is 18.2 Å². The fourth-order valence-corrected chi connectivity index (χ4v) is 2.03. The van der Waals surface area contributed by atoms with Crippen molar-refractivity contribution in [2.75, 3.05) is 6.61 Å².